The Labute approximate surface area is 217 Å². The van der Waals surface area contributed by atoms with Gasteiger partial charge >= 0.3 is 17.9 Å². The summed E-state index contributed by atoms with van der Waals surface area (Å²) < 4.78 is 25.5. The maximum atomic E-state index is 13.5. The molecule has 37 heavy (non-hydrogen) atoms. The molecule has 1 fully saturated rings. The standard InChI is InChI=1S/C26H26N2O8S/c1-14-9-11-18(12-10-14)27-24(32)19-7-5-6-8-20(19)28(26(27)37)25-23(36-17(4)31)22(35-16(3)30)21(13-33-25)34-15(2)29/h5-12,21-23,25H,13H2,1-4H3. The highest BCUT2D eigenvalue weighted by Gasteiger charge is 2.48. The van der Waals surface area contributed by atoms with Crippen molar-refractivity contribution in [2.45, 2.75) is 52.2 Å². The number of carbonyl (C=O) groups excluding carboxylic acids is 3. The van der Waals surface area contributed by atoms with Gasteiger partial charge in [-0.2, -0.15) is 0 Å². The van der Waals surface area contributed by atoms with Crippen LogP contribution in [0.3, 0.4) is 0 Å². The molecule has 0 bridgehead atoms. The van der Waals surface area contributed by atoms with Gasteiger partial charge < -0.3 is 18.9 Å². The molecular weight excluding hydrogens is 500 g/mol. The zero-order valence-electron chi connectivity index (χ0n) is 20.7. The van der Waals surface area contributed by atoms with Gasteiger partial charge in [0.05, 0.1) is 23.2 Å². The second kappa shape index (κ2) is 10.7. The predicted octanol–water partition coefficient (Wildman–Crippen LogP) is 3.15. The average Bonchev–Trinajstić information content (AvgIpc) is 2.83. The molecule has 1 aromatic heterocycles. The Morgan fingerprint density at radius 1 is 0.892 bits per heavy atom. The van der Waals surface area contributed by atoms with E-state index in [-0.39, 0.29) is 16.9 Å². The van der Waals surface area contributed by atoms with Gasteiger partial charge in [-0.1, -0.05) is 29.8 Å². The number of aromatic nitrogens is 2. The summed E-state index contributed by atoms with van der Waals surface area (Å²) in [7, 11) is 0. The van der Waals surface area contributed by atoms with Gasteiger partial charge in [0.15, 0.2) is 29.3 Å². The Morgan fingerprint density at radius 2 is 1.49 bits per heavy atom. The molecule has 0 spiro atoms. The van der Waals surface area contributed by atoms with Crippen molar-refractivity contribution < 1.29 is 33.3 Å². The first-order chi connectivity index (χ1) is 17.6. The maximum Gasteiger partial charge on any atom is 0.303 e. The average molecular weight is 527 g/mol. The third kappa shape index (κ3) is 5.32. The fraction of sp³-hybridized carbons (Fsp3) is 0.346. The van der Waals surface area contributed by atoms with Crippen molar-refractivity contribution in [1.82, 2.24) is 9.13 Å². The summed E-state index contributed by atoms with van der Waals surface area (Å²) in [4.78, 5) is 49.4. The summed E-state index contributed by atoms with van der Waals surface area (Å²) in [5.74, 6) is -1.97. The molecule has 0 radical (unpaired) electrons. The number of aryl methyl sites for hydroxylation is 1. The number of fused-ring (bicyclic) bond motifs is 1. The third-order valence-corrected chi connectivity index (χ3v) is 6.24. The molecule has 10 nitrogen and oxygen atoms in total. The fourth-order valence-corrected chi connectivity index (χ4v) is 4.78. The van der Waals surface area contributed by atoms with E-state index in [1.54, 1.807) is 41.0 Å². The van der Waals surface area contributed by atoms with Crippen molar-refractivity contribution in [3.8, 4) is 5.69 Å². The number of para-hydroxylation sites is 1. The quantitative estimate of drug-likeness (QED) is 0.281. The van der Waals surface area contributed by atoms with E-state index in [4.69, 9.17) is 31.2 Å². The monoisotopic (exact) mass is 526 g/mol. The van der Waals surface area contributed by atoms with Gasteiger partial charge in [0.2, 0.25) is 0 Å². The minimum Gasteiger partial charge on any atom is -0.456 e. The molecule has 0 N–H and O–H groups in total. The zero-order valence-corrected chi connectivity index (χ0v) is 21.5. The van der Waals surface area contributed by atoms with Crippen molar-refractivity contribution in [1.29, 1.82) is 0 Å². The molecule has 4 atom stereocenters. The van der Waals surface area contributed by atoms with E-state index in [1.165, 1.54) is 25.3 Å². The van der Waals surface area contributed by atoms with Crippen LogP contribution in [0.2, 0.25) is 0 Å². The normalized spacial score (nSPS) is 21.3. The van der Waals surface area contributed by atoms with Crippen molar-refractivity contribution in [3.63, 3.8) is 0 Å². The van der Waals surface area contributed by atoms with Gasteiger partial charge in [-0.05, 0) is 43.4 Å². The van der Waals surface area contributed by atoms with Crippen molar-refractivity contribution in [2.24, 2.45) is 0 Å². The van der Waals surface area contributed by atoms with E-state index >= 15 is 0 Å². The number of hydrogen-bond acceptors (Lipinski definition) is 9. The summed E-state index contributed by atoms with van der Waals surface area (Å²) in [6.45, 7) is 5.34. The highest BCUT2D eigenvalue weighted by Crippen LogP contribution is 2.33. The van der Waals surface area contributed by atoms with Gasteiger partial charge in [0.25, 0.3) is 5.56 Å². The Morgan fingerprint density at radius 3 is 2.11 bits per heavy atom. The van der Waals surface area contributed by atoms with Gasteiger partial charge in [-0.15, -0.1) is 0 Å². The summed E-state index contributed by atoms with van der Waals surface area (Å²) in [6, 6.07) is 14.1. The van der Waals surface area contributed by atoms with E-state index < -0.39 is 42.4 Å². The van der Waals surface area contributed by atoms with Crippen LogP contribution in [0.4, 0.5) is 0 Å². The van der Waals surface area contributed by atoms with E-state index in [0.717, 1.165) is 5.56 Å². The molecule has 11 heteroatoms. The lowest BCUT2D eigenvalue weighted by molar-refractivity contribution is -0.239. The van der Waals surface area contributed by atoms with Gasteiger partial charge in [0, 0.05) is 20.8 Å². The molecule has 2 aromatic carbocycles. The number of carbonyl (C=O) groups is 3. The number of rotatable bonds is 5. The van der Waals surface area contributed by atoms with Crippen LogP contribution >= 0.6 is 12.2 Å². The number of nitrogens with zero attached hydrogens (tertiary/aromatic N) is 2. The molecule has 2 heterocycles. The Hall–Kier alpha value is -3.83. The molecule has 1 saturated heterocycles. The summed E-state index contributed by atoms with van der Waals surface area (Å²) >= 11 is 5.81. The van der Waals surface area contributed by atoms with Gasteiger partial charge in [-0.3, -0.25) is 28.3 Å². The largest absolute Gasteiger partial charge is 0.456 e. The molecule has 3 aromatic rings. The van der Waals surface area contributed by atoms with Gasteiger partial charge in [-0.25, -0.2) is 0 Å². The SMILES string of the molecule is CC(=O)OC1COC(n2c(=S)n(-c3ccc(C)cc3)c(=O)c3ccccc32)C(OC(C)=O)C1OC(C)=O. The highest BCUT2D eigenvalue weighted by atomic mass is 32.1. The molecule has 0 amide bonds. The second-order valence-electron chi connectivity index (χ2n) is 8.67. The van der Waals surface area contributed by atoms with Crippen LogP contribution < -0.4 is 5.56 Å². The van der Waals surface area contributed by atoms with Gasteiger partial charge in [0.1, 0.15) is 0 Å². The van der Waals surface area contributed by atoms with E-state index in [2.05, 4.69) is 0 Å². The Bertz CT molecular complexity index is 1480. The summed E-state index contributed by atoms with van der Waals surface area (Å²) in [6.07, 6.45) is -4.59. The number of ether oxygens (including phenoxy) is 4. The van der Waals surface area contributed by atoms with Crippen molar-refractivity contribution in [3.05, 3.63) is 69.2 Å². The van der Waals surface area contributed by atoms with E-state index in [1.807, 2.05) is 19.1 Å². The Kier molecular flexibility index (Phi) is 7.55. The number of benzene rings is 2. The van der Waals surface area contributed by atoms with Crippen LogP contribution in [-0.2, 0) is 33.3 Å². The second-order valence-corrected chi connectivity index (χ2v) is 9.03. The predicted molar refractivity (Wildman–Crippen MR) is 135 cm³/mol. The van der Waals surface area contributed by atoms with Crippen LogP contribution in [0.25, 0.3) is 16.6 Å². The zero-order chi connectivity index (χ0) is 26.9. The highest BCUT2D eigenvalue weighted by molar-refractivity contribution is 7.71. The molecule has 194 valence electrons. The molecule has 4 unspecified atom stereocenters. The molecule has 1 aliphatic heterocycles. The molecule has 0 aliphatic carbocycles. The number of hydrogen-bond donors (Lipinski definition) is 0. The molecule has 4 rings (SSSR count). The minimum atomic E-state index is -1.25. The van der Waals surface area contributed by atoms with Crippen LogP contribution in [0, 0.1) is 11.7 Å². The van der Waals surface area contributed by atoms with Crippen LogP contribution in [0.5, 0.6) is 0 Å². The minimum absolute atomic E-state index is 0.0715. The third-order valence-electron chi connectivity index (χ3n) is 5.87. The maximum absolute atomic E-state index is 13.5. The molecule has 1 aliphatic rings. The van der Waals surface area contributed by atoms with Crippen LogP contribution in [-0.4, -0.2) is 52.0 Å². The van der Waals surface area contributed by atoms with E-state index in [0.29, 0.717) is 16.6 Å². The summed E-state index contributed by atoms with van der Waals surface area (Å²) in [5.41, 5.74) is 1.63. The van der Waals surface area contributed by atoms with Crippen LogP contribution in [0.15, 0.2) is 53.3 Å². The topological polar surface area (TPSA) is 115 Å². The first-order valence-electron chi connectivity index (χ1n) is 11.5. The first kappa shape index (κ1) is 26.2. The van der Waals surface area contributed by atoms with E-state index in [9.17, 15) is 19.2 Å². The number of esters is 3. The smallest absolute Gasteiger partial charge is 0.303 e. The Balaban J connectivity index is 1.97. The van der Waals surface area contributed by atoms with Crippen molar-refractivity contribution in [2.75, 3.05) is 6.61 Å². The lowest BCUT2D eigenvalue weighted by Gasteiger charge is -2.41. The fourth-order valence-electron chi connectivity index (χ4n) is 4.39. The lowest BCUT2D eigenvalue weighted by atomic mass is 10.0. The molecule has 0 saturated carbocycles. The van der Waals surface area contributed by atoms with Crippen molar-refractivity contribution >= 4 is 41.0 Å². The first-order valence-corrected chi connectivity index (χ1v) is 12.0. The van der Waals surface area contributed by atoms with Crippen LogP contribution in [0.1, 0.15) is 32.6 Å². The lowest BCUT2D eigenvalue weighted by Crippen LogP contribution is -2.55. The molecular formula is C26H26N2O8S. The summed E-state index contributed by atoms with van der Waals surface area (Å²) in [5, 5.41) is 0.341.